The van der Waals surface area contributed by atoms with Crippen LogP contribution in [0.5, 0.6) is 0 Å². The van der Waals surface area contributed by atoms with Gasteiger partial charge in [-0.2, -0.15) is 0 Å². The Morgan fingerprint density at radius 2 is 1.75 bits per heavy atom. The number of halogens is 2. The van der Waals surface area contributed by atoms with E-state index in [4.69, 9.17) is 5.84 Å². The van der Waals surface area contributed by atoms with Crippen LogP contribution in [0.25, 0.3) is 0 Å². The smallest absolute Gasteiger partial charge is 0.178 e. The van der Waals surface area contributed by atoms with E-state index in [1.807, 2.05) is 0 Å². The number of nitrogens with zero attached hydrogens (tertiary/aromatic N) is 1. The first kappa shape index (κ1) is 16.6. The molecular weight excluding hydrogens is 262 g/mol. The number of rotatable bonds is 9. The highest BCUT2D eigenvalue weighted by Gasteiger charge is 2.10. The molecule has 1 aromatic rings. The van der Waals surface area contributed by atoms with E-state index in [-0.39, 0.29) is 11.6 Å². The number of pyridine rings is 1. The van der Waals surface area contributed by atoms with E-state index >= 15 is 0 Å². The molecule has 0 aromatic carbocycles. The Morgan fingerprint density at radius 3 is 2.40 bits per heavy atom. The average molecular weight is 286 g/mol. The van der Waals surface area contributed by atoms with Crippen molar-refractivity contribution in [2.45, 2.75) is 46.0 Å². The topological polar surface area (TPSA) is 63.0 Å². The van der Waals surface area contributed by atoms with Crippen molar-refractivity contribution >= 4 is 11.6 Å². The Bertz CT molecular complexity index is 410. The lowest BCUT2D eigenvalue weighted by Gasteiger charge is -2.09. The lowest BCUT2D eigenvalue weighted by Crippen LogP contribution is -2.13. The third-order valence-corrected chi connectivity index (χ3v) is 3.07. The number of nitrogens with two attached hydrogens (primary N) is 1. The van der Waals surface area contributed by atoms with Crippen LogP contribution >= 0.6 is 0 Å². The van der Waals surface area contributed by atoms with E-state index in [1.54, 1.807) is 0 Å². The number of nitrogens with one attached hydrogen (secondary N) is 2. The monoisotopic (exact) mass is 286 g/mol. The molecule has 1 rings (SSSR count). The maximum absolute atomic E-state index is 13.5. The second-order valence-electron chi connectivity index (χ2n) is 5.32. The zero-order valence-electron chi connectivity index (χ0n) is 12.2. The lowest BCUT2D eigenvalue weighted by atomic mass is 10.0. The van der Waals surface area contributed by atoms with Gasteiger partial charge in [0.2, 0.25) is 0 Å². The Balaban J connectivity index is 2.28. The molecule has 0 bridgehead atoms. The summed E-state index contributed by atoms with van der Waals surface area (Å²) in [5, 5.41) is 2.87. The summed E-state index contributed by atoms with van der Waals surface area (Å²) in [4.78, 5) is 3.75. The predicted molar refractivity (Wildman–Crippen MR) is 78.4 cm³/mol. The molecule has 0 aliphatic carbocycles. The lowest BCUT2D eigenvalue weighted by molar-refractivity contribution is 0.522. The molecule has 0 fully saturated rings. The van der Waals surface area contributed by atoms with Gasteiger partial charge in [0.1, 0.15) is 0 Å². The molecular formula is C14H24F2N4. The summed E-state index contributed by atoms with van der Waals surface area (Å²) >= 11 is 0. The second-order valence-corrected chi connectivity index (χ2v) is 5.32. The van der Waals surface area contributed by atoms with Gasteiger partial charge in [0.25, 0.3) is 0 Å². The van der Waals surface area contributed by atoms with Gasteiger partial charge in [-0.05, 0) is 12.3 Å². The van der Waals surface area contributed by atoms with Crippen LogP contribution in [-0.2, 0) is 0 Å². The van der Waals surface area contributed by atoms with Crippen LogP contribution in [0.15, 0.2) is 6.07 Å². The molecule has 0 saturated carbocycles. The summed E-state index contributed by atoms with van der Waals surface area (Å²) in [7, 11) is 0. The molecule has 114 valence electrons. The van der Waals surface area contributed by atoms with Crippen molar-refractivity contribution in [1.82, 2.24) is 4.98 Å². The molecule has 4 N–H and O–H groups in total. The van der Waals surface area contributed by atoms with E-state index in [0.717, 1.165) is 24.8 Å². The van der Waals surface area contributed by atoms with Crippen molar-refractivity contribution in [3.05, 3.63) is 17.7 Å². The quantitative estimate of drug-likeness (QED) is 0.368. The molecule has 0 atom stereocenters. The van der Waals surface area contributed by atoms with Gasteiger partial charge in [0.15, 0.2) is 23.3 Å². The van der Waals surface area contributed by atoms with Crippen molar-refractivity contribution in [3.8, 4) is 0 Å². The number of hydrazine groups is 1. The summed E-state index contributed by atoms with van der Waals surface area (Å²) in [5.74, 6) is 4.20. The fraction of sp³-hybridized carbons (Fsp3) is 0.643. The van der Waals surface area contributed by atoms with Gasteiger partial charge >= 0.3 is 0 Å². The van der Waals surface area contributed by atoms with Gasteiger partial charge in [0.05, 0.1) is 0 Å². The molecule has 4 nitrogen and oxygen atoms in total. The van der Waals surface area contributed by atoms with E-state index in [2.05, 4.69) is 29.6 Å². The maximum atomic E-state index is 13.5. The van der Waals surface area contributed by atoms with E-state index in [9.17, 15) is 8.78 Å². The van der Waals surface area contributed by atoms with Gasteiger partial charge in [-0.15, -0.1) is 0 Å². The molecule has 0 amide bonds. The Morgan fingerprint density at radius 1 is 1.10 bits per heavy atom. The zero-order chi connectivity index (χ0) is 15.0. The maximum Gasteiger partial charge on any atom is 0.178 e. The predicted octanol–water partition coefficient (Wildman–Crippen LogP) is 3.66. The fourth-order valence-corrected chi connectivity index (χ4v) is 1.93. The van der Waals surface area contributed by atoms with Gasteiger partial charge in [-0.1, -0.05) is 39.5 Å². The first-order chi connectivity index (χ1) is 9.54. The summed E-state index contributed by atoms with van der Waals surface area (Å²) in [6.07, 6.45) is 5.66. The minimum atomic E-state index is -0.802. The normalized spacial score (nSPS) is 10.9. The number of aromatic nitrogens is 1. The zero-order valence-corrected chi connectivity index (χ0v) is 12.2. The Hall–Kier alpha value is -1.43. The molecule has 0 spiro atoms. The van der Waals surface area contributed by atoms with Gasteiger partial charge in [-0.25, -0.2) is 19.6 Å². The summed E-state index contributed by atoms with van der Waals surface area (Å²) < 4.78 is 26.6. The molecule has 1 heterocycles. The second kappa shape index (κ2) is 8.68. The van der Waals surface area contributed by atoms with Crippen molar-refractivity contribution < 1.29 is 8.78 Å². The standard InChI is InChI=1S/C14H24F2N4/c1-10(2)7-5-3-4-6-8-18-13-11(15)9-12(16)14(19-13)20-17/h9-10H,3-8,17H2,1-2H3,(H2,18,19,20). The third kappa shape index (κ3) is 5.69. The van der Waals surface area contributed by atoms with Crippen molar-refractivity contribution in [2.24, 2.45) is 11.8 Å². The molecule has 6 heteroatoms. The number of hydrogen-bond acceptors (Lipinski definition) is 4. The average Bonchev–Trinajstić information content (AvgIpc) is 2.39. The molecule has 0 radical (unpaired) electrons. The van der Waals surface area contributed by atoms with Crippen molar-refractivity contribution in [2.75, 3.05) is 17.3 Å². The van der Waals surface area contributed by atoms with Crippen LogP contribution in [0.1, 0.15) is 46.0 Å². The van der Waals surface area contributed by atoms with Crippen LogP contribution in [0.4, 0.5) is 20.4 Å². The minimum Gasteiger partial charge on any atom is -0.368 e. The first-order valence-electron chi connectivity index (χ1n) is 7.11. The van der Waals surface area contributed by atoms with Gasteiger partial charge in [-0.3, -0.25) is 0 Å². The van der Waals surface area contributed by atoms with E-state index < -0.39 is 11.6 Å². The summed E-state index contributed by atoms with van der Waals surface area (Å²) in [6.45, 7) is 5.04. The summed E-state index contributed by atoms with van der Waals surface area (Å²) in [6, 6.07) is 0.771. The van der Waals surface area contributed by atoms with Crippen molar-refractivity contribution in [1.29, 1.82) is 0 Å². The Kier molecular flexibility index (Phi) is 7.22. The number of anilines is 2. The molecule has 0 aliphatic heterocycles. The first-order valence-corrected chi connectivity index (χ1v) is 7.11. The highest BCUT2D eigenvalue weighted by atomic mass is 19.1. The van der Waals surface area contributed by atoms with Crippen molar-refractivity contribution in [3.63, 3.8) is 0 Å². The fourth-order valence-electron chi connectivity index (χ4n) is 1.93. The highest BCUT2D eigenvalue weighted by molar-refractivity contribution is 5.46. The SMILES string of the molecule is CC(C)CCCCCCNc1nc(NN)c(F)cc1F. The van der Waals surface area contributed by atoms with E-state index in [1.165, 1.54) is 19.3 Å². The molecule has 1 aromatic heterocycles. The van der Waals surface area contributed by atoms with Crippen LogP contribution in [0.3, 0.4) is 0 Å². The molecule has 20 heavy (non-hydrogen) atoms. The van der Waals surface area contributed by atoms with Gasteiger partial charge < -0.3 is 10.7 Å². The van der Waals surface area contributed by atoms with E-state index in [0.29, 0.717) is 6.54 Å². The third-order valence-electron chi connectivity index (χ3n) is 3.07. The van der Waals surface area contributed by atoms with Crippen LogP contribution in [0.2, 0.25) is 0 Å². The molecule has 0 aliphatic rings. The van der Waals surface area contributed by atoms with Gasteiger partial charge in [0, 0.05) is 12.6 Å². The van der Waals surface area contributed by atoms with Crippen LogP contribution < -0.4 is 16.6 Å². The Labute approximate surface area is 119 Å². The van der Waals surface area contributed by atoms with Crippen LogP contribution in [0, 0.1) is 17.6 Å². The molecule has 0 saturated heterocycles. The number of unbranched alkanes of at least 4 members (excludes halogenated alkanes) is 3. The summed E-state index contributed by atoms with van der Waals surface area (Å²) in [5.41, 5.74) is 2.10. The number of nitrogen functional groups attached to an aromatic ring is 1. The highest BCUT2D eigenvalue weighted by Crippen LogP contribution is 2.18. The largest absolute Gasteiger partial charge is 0.368 e. The van der Waals surface area contributed by atoms with Crippen LogP contribution in [-0.4, -0.2) is 11.5 Å². The minimum absolute atomic E-state index is 0.0292. The number of hydrogen-bond donors (Lipinski definition) is 3. The molecule has 0 unspecified atom stereocenters.